The molecule has 2 aliphatic rings. The molecule has 2 fully saturated rings. The van der Waals surface area contributed by atoms with Crippen LogP contribution in [0.2, 0.25) is 0 Å². The molecule has 116 valence electrons. The van der Waals surface area contributed by atoms with Crippen LogP contribution in [0.5, 0.6) is 0 Å². The average Bonchev–Trinajstić information content (AvgIpc) is 2.79. The average molecular weight is 289 g/mol. The van der Waals surface area contributed by atoms with Crippen LogP contribution < -0.4 is 16.0 Å². The van der Waals surface area contributed by atoms with E-state index in [4.69, 9.17) is 10.7 Å². The highest BCUT2D eigenvalue weighted by molar-refractivity contribution is 5.43. The van der Waals surface area contributed by atoms with E-state index in [0.29, 0.717) is 6.04 Å². The van der Waals surface area contributed by atoms with Crippen molar-refractivity contribution in [3.63, 3.8) is 0 Å². The number of aromatic nitrogens is 2. The van der Waals surface area contributed by atoms with Gasteiger partial charge in [0.15, 0.2) is 0 Å². The molecule has 0 radical (unpaired) electrons. The molecule has 1 saturated heterocycles. The van der Waals surface area contributed by atoms with Crippen LogP contribution >= 0.6 is 0 Å². The van der Waals surface area contributed by atoms with Gasteiger partial charge in [-0.3, -0.25) is 0 Å². The van der Waals surface area contributed by atoms with Gasteiger partial charge in [0.1, 0.15) is 5.82 Å². The summed E-state index contributed by atoms with van der Waals surface area (Å²) in [4.78, 5) is 11.5. The maximum atomic E-state index is 6.20. The second kappa shape index (κ2) is 7.07. The van der Waals surface area contributed by atoms with Crippen LogP contribution in [-0.2, 0) is 0 Å². The van der Waals surface area contributed by atoms with Crippen molar-refractivity contribution in [1.82, 2.24) is 9.97 Å². The lowest BCUT2D eigenvalue weighted by atomic mass is 9.91. The number of nitrogens with one attached hydrogen (secondary N) is 1. The van der Waals surface area contributed by atoms with Crippen LogP contribution in [0.3, 0.4) is 0 Å². The minimum atomic E-state index is 0.226. The van der Waals surface area contributed by atoms with Crippen molar-refractivity contribution in [3.8, 4) is 0 Å². The first-order valence-electron chi connectivity index (χ1n) is 8.43. The highest BCUT2D eigenvalue weighted by Gasteiger charge is 2.22. The van der Waals surface area contributed by atoms with Gasteiger partial charge < -0.3 is 16.0 Å². The fraction of sp³-hybridized carbons (Fsp3) is 0.750. The van der Waals surface area contributed by atoms with Crippen molar-refractivity contribution in [2.45, 2.75) is 63.5 Å². The smallest absolute Gasteiger partial charge is 0.224 e. The second-order valence-corrected chi connectivity index (χ2v) is 6.34. The fourth-order valence-corrected chi connectivity index (χ4v) is 3.40. The molecule has 1 aliphatic heterocycles. The largest absolute Gasteiger partial charge is 0.356 e. The summed E-state index contributed by atoms with van der Waals surface area (Å²) in [6, 6.07) is 2.57. The van der Waals surface area contributed by atoms with Gasteiger partial charge >= 0.3 is 0 Å². The van der Waals surface area contributed by atoms with Gasteiger partial charge in [-0.05, 0) is 31.7 Å². The molecule has 1 saturated carbocycles. The van der Waals surface area contributed by atoms with Gasteiger partial charge in [0.2, 0.25) is 5.95 Å². The Morgan fingerprint density at radius 2 is 1.81 bits per heavy atom. The fourth-order valence-electron chi connectivity index (χ4n) is 3.40. The highest BCUT2D eigenvalue weighted by atomic mass is 15.2. The standard InChI is InChI=1S/C16H27N5/c17-13-7-3-4-8-14(13)19-16-18-10-9-15(20-16)21-11-5-1-2-6-12-21/h9-10,13-14H,1-8,11-12,17H2,(H,18,19,20)/t13-,14-/m1/s1. The molecule has 5 heteroatoms. The number of nitrogens with zero attached hydrogens (tertiary/aromatic N) is 3. The number of hydrogen-bond donors (Lipinski definition) is 2. The quantitative estimate of drug-likeness (QED) is 0.895. The number of nitrogens with two attached hydrogens (primary N) is 1. The molecule has 0 spiro atoms. The van der Waals surface area contributed by atoms with Gasteiger partial charge in [-0.1, -0.05) is 25.7 Å². The highest BCUT2D eigenvalue weighted by Crippen LogP contribution is 2.21. The third kappa shape index (κ3) is 3.84. The summed E-state index contributed by atoms with van der Waals surface area (Å²) in [7, 11) is 0. The molecule has 0 amide bonds. The molecule has 1 aromatic rings. The molecular formula is C16H27N5. The van der Waals surface area contributed by atoms with Crippen LogP contribution in [0.4, 0.5) is 11.8 Å². The van der Waals surface area contributed by atoms with Crippen molar-refractivity contribution in [2.75, 3.05) is 23.3 Å². The molecule has 2 atom stereocenters. The third-order valence-electron chi connectivity index (χ3n) is 4.70. The zero-order valence-electron chi connectivity index (χ0n) is 12.8. The van der Waals surface area contributed by atoms with E-state index >= 15 is 0 Å². The zero-order valence-corrected chi connectivity index (χ0v) is 12.8. The van der Waals surface area contributed by atoms with Crippen LogP contribution in [0.25, 0.3) is 0 Å². The molecule has 21 heavy (non-hydrogen) atoms. The number of hydrogen-bond acceptors (Lipinski definition) is 5. The summed E-state index contributed by atoms with van der Waals surface area (Å²) in [6.07, 6.45) is 11.8. The van der Waals surface area contributed by atoms with Gasteiger partial charge in [-0.15, -0.1) is 0 Å². The Labute approximate surface area is 127 Å². The summed E-state index contributed by atoms with van der Waals surface area (Å²) in [6.45, 7) is 2.22. The summed E-state index contributed by atoms with van der Waals surface area (Å²) < 4.78 is 0. The summed E-state index contributed by atoms with van der Waals surface area (Å²) in [5.41, 5.74) is 6.20. The molecule has 2 heterocycles. The van der Waals surface area contributed by atoms with Gasteiger partial charge in [0.05, 0.1) is 0 Å². The Kier molecular flexibility index (Phi) is 4.91. The minimum Gasteiger partial charge on any atom is -0.356 e. The predicted molar refractivity (Wildman–Crippen MR) is 86.6 cm³/mol. The van der Waals surface area contributed by atoms with E-state index in [1.165, 1.54) is 38.5 Å². The first-order valence-corrected chi connectivity index (χ1v) is 8.43. The maximum Gasteiger partial charge on any atom is 0.224 e. The zero-order chi connectivity index (χ0) is 14.5. The van der Waals surface area contributed by atoms with Crippen molar-refractivity contribution < 1.29 is 0 Å². The van der Waals surface area contributed by atoms with Gasteiger partial charge in [0, 0.05) is 31.4 Å². The van der Waals surface area contributed by atoms with Crippen molar-refractivity contribution in [1.29, 1.82) is 0 Å². The first-order chi connectivity index (χ1) is 10.3. The summed E-state index contributed by atoms with van der Waals surface area (Å²) >= 11 is 0. The Balaban J connectivity index is 1.67. The molecule has 3 N–H and O–H groups in total. The lowest BCUT2D eigenvalue weighted by Crippen LogP contribution is -2.43. The Morgan fingerprint density at radius 3 is 2.57 bits per heavy atom. The Hall–Kier alpha value is -1.36. The molecule has 0 unspecified atom stereocenters. The topological polar surface area (TPSA) is 67.1 Å². The van der Waals surface area contributed by atoms with E-state index in [2.05, 4.69) is 15.2 Å². The number of rotatable bonds is 3. The van der Waals surface area contributed by atoms with E-state index in [0.717, 1.165) is 37.7 Å². The normalized spacial score (nSPS) is 27.2. The maximum absolute atomic E-state index is 6.20. The minimum absolute atomic E-state index is 0.226. The molecule has 1 aliphatic carbocycles. The lowest BCUT2D eigenvalue weighted by molar-refractivity contribution is 0.402. The van der Waals surface area contributed by atoms with Gasteiger partial charge in [0.25, 0.3) is 0 Å². The molecule has 3 rings (SSSR count). The molecule has 5 nitrogen and oxygen atoms in total. The first kappa shape index (κ1) is 14.6. The summed E-state index contributed by atoms with van der Waals surface area (Å²) in [5.74, 6) is 1.79. The SMILES string of the molecule is N[C@@H]1CCCC[C@H]1Nc1nccc(N2CCCCCC2)n1. The van der Waals surface area contributed by atoms with E-state index in [1.54, 1.807) is 0 Å². The molecule has 1 aromatic heterocycles. The monoisotopic (exact) mass is 289 g/mol. The van der Waals surface area contributed by atoms with Gasteiger partial charge in [-0.2, -0.15) is 4.98 Å². The van der Waals surface area contributed by atoms with E-state index in [-0.39, 0.29) is 6.04 Å². The molecule has 0 bridgehead atoms. The van der Waals surface area contributed by atoms with Crippen LogP contribution in [0, 0.1) is 0 Å². The van der Waals surface area contributed by atoms with Crippen molar-refractivity contribution in [2.24, 2.45) is 5.73 Å². The van der Waals surface area contributed by atoms with E-state index in [9.17, 15) is 0 Å². The Bertz CT molecular complexity index is 442. The molecule has 0 aromatic carbocycles. The predicted octanol–water partition coefficient (Wildman–Crippen LogP) is 2.54. The van der Waals surface area contributed by atoms with Crippen molar-refractivity contribution >= 4 is 11.8 Å². The number of anilines is 2. The lowest BCUT2D eigenvalue weighted by Gasteiger charge is -2.29. The van der Waals surface area contributed by atoms with Crippen LogP contribution in [0.15, 0.2) is 12.3 Å². The van der Waals surface area contributed by atoms with E-state index < -0.39 is 0 Å². The summed E-state index contributed by atoms with van der Waals surface area (Å²) in [5, 5.41) is 3.45. The third-order valence-corrected chi connectivity index (χ3v) is 4.70. The van der Waals surface area contributed by atoms with Crippen LogP contribution in [0.1, 0.15) is 51.4 Å². The second-order valence-electron chi connectivity index (χ2n) is 6.34. The molecular weight excluding hydrogens is 262 g/mol. The van der Waals surface area contributed by atoms with E-state index in [1.807, 2.05) is 12.3 Å². The Morgan fingerprint density at radius 1 is 1.05 bits per heavy atom. The van der Waals surface area contributed by atoms with Crippen molar-refractivity contribution in [3.05, 3.63) is 12.3 Å². The van der Waals surface area contributed by atoms with Crippen LogP contribution in [-0.4, -0.2) is 35.1 Å². The van der Waals surface area contributed by atoms with Gasteiger partial charge in [-0.25, -0.2) is 4.98 Å².